The normalized spacial score (nSPS) is 10.7. The number of aromatic nitrogens is 1. The van der Waals surface area contributed by atoms with Crippen LogP contribution >= 0.6 is 0 Å². The van der Waals surface area contributed by atoms with Crippen LogP contribution in [0.5, 0.6) is 5.75 Å². The predicted molar refractivity (Wildman–Crippen MR) is 78.8 cm³/mol. The molecule has 1 aromatic heterocycles. The van der Waals surface area contributed by atoms with Gasteiger partial charge in [-0.3, -0.25) is 0 Å². The zero-order valence-electron chi connectivity index (χ0n) is 11.3. The zero-order valence-corrected chi connectivity index (χ0v) is 11.3. The molecule has 100 valence electrons. The number of nitrogens with two attached hydrogens (primary N) is 2. The molecule has 4 nitrogen and oxygen atoms in total. The van der Waals surface area contributed by atoms with Gasteiger partial charge in [-0.1, -0.05) is 32.0 Å². The van der Waals surface area contributed by atoms with E-state index in [1.54, 1.807) is 6.07 Å². The molecule has 19 heavy (non-hydrogen) atoms. The molecular weight excluding hydrogens is 238 g/mol. The molecule has 0 aliphatic carbocycles. The smallest absolute Gasteiger partial charge is 0.133 e. The molecule has 0 spiro atoms. The van der Waals surface area contributed by atoms with Gasteiger partial charge in [0.2, 0.25) is 0 Å². The molecule has 0 saturated heterocycles. The number of hydrogen-bond donors (Lipinski definition) is 2. The van der Waals surface area contributed by atoms with Gasteiger partial charge in [-0.05, 0) is 24.1 Å². The molecular formula is C15H19N3O. The molecule has 4 N–H and O–H groups in total. The number of rotatable bonds is 4. The Bertz CT molecular complexity index is 567. The molecule has 0 bridgehead atoms. The largest absolute Gasteiger partial charge is 0.493 e. The minimum Gasteiger partial charge on any atom is -0.493 e. The second-order valence-corrected chi connectivity index (χ2v) is 4.87. The lowest BCUT2D eigenvalue weighted by atomic mass is 10.1. The third-order valence-electron chi connectivity index (χ3n) is 2.70. The summed E-state index contributed by atoms with van der Waals surface area (Å²) in [5, 5.41) is 0. The molecule has 0 saturated carbocycles. The standard InChI is InChI=1S/C15H19N3O/c1-10(2)9-19-13-6-4-3-5-11(13)12-7-8-14(16)18-15(12)17/h3-8,10H,9H2,1-2H3,(H4,16,17,18). The molecule has 0 unspecified atom stereocenters. The molecule has 0 atom stereocenters. The van der Waals surface area contributed by atoms with E-state index >= 15 is 0 Å². The van der Waals surface area contributed by atoms with Crippen LogP contribution in [-0.4, -0.2) is 11.6 Å². The van der Waals surface area contributed by atoms with Gasteiger partial charge in [-0.25, -0.2) is 4.98 Å². The third-order valence-corrected chi connectivity index (χ3v) is 2.70. The number of hydrogen-bond acceptors (Lipinski definition) is 4. The summed E-state index contributed by atoms with van der Waals surface area (Å²) in [6, 6.07) is 11.4. The molecule has 4 heteroatoms. The molecule has 1 heterocycles. The van der Waals surface area contributed by atoms with Crippen molar-refractivity contribution < 1.29 is 4.74 Å². The lowest BCUT2D eigenvalue weighted by Crippen LogP contribution is -2.06. The quantitative estimate of drug-likeness (QED) is 0.883. The summed E-state index contributed by atoms with van der Waals surface area (Å²) in [6.45, 7) is 4.89. The van der Waals surface area contributed by atoms with Crippen molar-refractivity contribution in [3.05, 3.63) is 36.4 Å². The van der Waals surface area contributed by atoms with E-state index in [4.69, 9.17) is 16.2 Å². The number of nitrogen functional groups attached to an aromatic ring is 2. The molecule has 0 aliphatic rings. The Morgan fingerprint density at radius 3 is 2.47 bits per heavy atom. The first-order chi connectivity index (χ1) is 9.08. The summed E-state index contributed by atoms with van der Waals surface area (Å²) in [5.74, 6) is 2.12. The fourth-order valence-electron chi connectivity index (χ4n) is 1.79. The van der Waals surface area contributed by atoms with Gasteiger partial charge in [0.1, 0.15) is 17.4 Å². The van der Waals surface area contributed by atoms with Crippen molar-refractivity contribution >= 4 is 11.6 Å². The summed E-state index contributed by atoms with van der Waals surface area (Å²) in [7, 11) is 0. The van der Waals surface area contributed by atoms with Gasteiger partial charge in [-0.15, -0.1) is 0 Å². The molecule has 0 radical (unpaired) electrons. The van der Waals surface area contributed by atoms with Gasteiger partial charge >= 0.3 is 0 Å². The number of ether oxygens (including phenoxy) is 1. The van der Waals surface area contributed by atoms with Crippen LogP contribution in [0.15, 0.2) is 36.4 Å². The van der Waals surface area contributed by atoms with Crippen LogP contribution in [0.2, 0.25) is 0 Å². The Balaban J connectivity index is 2.38. The Morgan fingerprint density at radius 2 is 1.79 bits per heavy atom. The van der Waals surface area contributed by atoms with Crippen LogP contribution in [0, 0.1) is 5.92 Å². The topological polar surface area (TPSA) is 74.2 Å². The SMILES string of the molecule is CC(C)COc1ccccc1-c1ccc(N)nc1N. The van der Waals surface area contributed by atoms with Crippen molar-refractivity contribution in [2.24, 2.45) is 5.92 Å². The lowest BCUT2D eigenvalue weighted by molar-refractivity contribution is 0.272. The minimum atomic E-state index is 0.417. The van der Waals surface area contributed by atoms with E-state index in [1.165, 1.54) is 0 Å². The van der Waals surface area contributed by atoms with Crippen molar-refractivity contribution in [3.8, 4) is 16.9 Å². The summed E-state index contributed by atoms with van der Waals surface area (Å²) >= 11 is 0. The molecule has 2 aromatic rings. The van der Waals surface area contributed by atoms with Gasteiger partial charge in [0.15, 0.2) is 0 Å². The van der Waals surface area contributed by atoms with Crippen molar-refractivity contribution in [2.45, 2.75) is 13.8 Å². The maximum absolute atomic E-state index is 5.93. The average Bonchev–Trinajstić information content (AvgIpc) is 2.37. The Hall–Kier alpha value is -2.23. The van der Waals surface area contributed by atoms with Crippen molar-refractivity contribution in [1.29, 1.82) is 0 Å². The summed E-state index contributed by atoms with van der Waals surface area (Å²) in [4.78, 5) is 4.09. The highest BCUT2D eigenvalue weighted by Crippen LogP contribution is 2.33. The van der Waals surface area contributed by atoms with E-state index in [0.29, 0.717) is 24.2 Å². The first-order valence-electron chi connectivity index (χ1n) is 6.32. The fraction of sp³-hybridized carbons (Fsp3) is 0.267. The highest BCUT2D eigenvalue weighted by Gasteiger charge is 2.10. The Kier molecular flexibility index (Phi) is 3.90. The fourth-order valence-corrected chi connectivity index (χ4v) is 1.79. The van der Waals surface area contributed by atoms with E-state index in [0.717, 1.165) is 16.9 Å². The van der Waals surface area contributed by atoms with Gasteiger partial charge in [0.25, 0.3) is 0 Å². The maximum Gasteiger partial charge on any atom is 0.133 e. The predicted octanol–water partition coefficient (Wildman–Crippen LogP) is 2.95. The molecule has 0 fully saturated rings. The van der Waals surface area contributed by atoms with Crippen LogP contribution in [0.25, 0.3) is 11.1 Å². The monoisotopic (exact) mass is 257 g/mol. The van der Waals surface area contributed by atoms with Crippen LogP contribution in [0.1, 0.15) is 13.8 Å². The number of benzene rings is 1. The van der Waals surface area contributed by atoms with E-state index in [-0.39, 0.29) is 0 Å². The molecule has 1 aromatic carbocycles. The zero-order chi connectivity index (χ0) is 13.8. The minimum absolute atomic E-state index is 0.417. The summed E-state index contributed by atoms with van der Waals surface area (Å²) in [5.41, 5.74) is 13.3. The summed E-state index contributed by atoms with van der Waals surface area (Å²) in [6.07, 6.45) is 0. The van der Waals surface area contributed by atoms with Crippen molar-refractivity contribution in [1.82, 2.24) is 4.98 Å². The van der Waals surface area contributed by atoms with Gasteiger partial charge in [0, 0.05) is 11.1 Å². The van der Waals surface area contributed by atoms with E-state index in [2.05, 4.69) is 18.8 Å². The van der Waals surface area contributed by atoms with Crippen molar-refractivity contribution in [3.63, 3.8) is 0 Å². The van der Waals surface area contributed by atoms with Crippen LogP contribution < -0.4 is 16.2 Å². The lowest BCUT2D eigenvalue weighted by Gasteiger charge is -2.14. The Morgan fingerprint density at radius 1 is 1.05 bits per heavy atom. The van der Waals surface area contributed by atoms with Crippen LogP contribution in [0.3, 0.4) is 0 Å². The van der Waals surface area contributed by atoms with Crippen molar-refractivity contribution in [2.75, 3.05) is 18.1 Å². The van der Waals surface area contributed by atoms with Gasteiger partial charge < -0.3 is 16.2 Å². The van der Waals surface area contributed by atoms with E-state index in [9.17, 15) is 0 Å². The number of anilines is 2. The Labute approximate surface area is 113 Å². The van der Waals surface area contributed by atoms with Crippen LogP contribution in [-0.2, 0) is 0 Å². The first-order valence-corrected chi connectivity index (χ1v) is 6.32. The highest BCUT2D eigenvalue weighted by atomic mass is 16.5. The molecule has 2 rings (SSSR count). The number of pyridine rings is 1. The highest BCUT2D eigenvalue weighted by molar-refractivity contribution is 5.79. The molecule has 0 aliphatic heterocycles. The number of para-hydroxylation sites is 1. The second-order valence-electron chi connectivity index (χ2n) is 4.87. The van der Waals surface area contributed by atoms with Crippen LogP contribution in [0.4, 0.5) is 11.6 Å². The second kappa shape index (κ2) is 5.61. The first kappa shape index (κ1) is 13.2. The third kappa shape index (κ3) is 3.16. The van der Waals surface area contributed by atoms with E-state index in [1.807, 2.05) is 30.3 Å². The van der Waals surface area contributed by atoms with Gasteiger partial charge in [-0.2, -0.15) is 0 Å². The van der Waals surface area contributed by atoms with E-state index < -0.39 is 0 Å². The number of nitrogens with zero attached hydrogens (tertiary/aromatic N) is 1. The maximum atomic E-state index is 5.93. The van der Waals surface area contributed by atoms with Gasteiger partial charge in [0.05, 0.1) is 6.61 Å². The average molecular weight is 257 g/mol. The summed E-state index contributed by atoms with van der Waals surface area (Å²) < 4.78 is 5.82. The molecule has 0 amide bonds.